The predicted molar refractivity (Wildman–Crippen MR) is 284 cm³/mol. The van der Waals surface area contributed by atoms with Crippen LogP contribution in [0.2, 0.25) is 0 Å². The number of hydrogen-bond donors (Lipinski definition) is 11. The Morgan fingerprint density at radius 3 is 2.16 bits per heavy atom. The van der Waals surface area contributed by atoms with Gasteiger partial charge in [0.25, 0.3) is 0 Å². The van der Waals surface area contributed by atoms with Crippen LogP contribution in [0, 0.1) is 5.92 Å². The SMILES string of the molecule is CSC[C@H](NC(=O)[C@@H]1CSSC[C@H](NC(=O)[C@H](N)Cc2ccccc2)C(=O)C[C@@H](Cc2ccc(O)cc2)C(=O)N[C@H](CC2=CCc3ccccc32)C(=O)N[C@@H](CCCCN)C(=O)N[C@@H]([C@@H](C)O)C(=O)N1)C(N)=O. The molecule has 0 unspecified atom stereocenters. The first-order valence-corrected chi connectivity index (χ1v) is 28.0. The molecule has 19 nitrogen and oxygen atoms in total. The lowest BCUT2D eigenvalue weighted by Gasteiger charge is -2.29. The van der Waals surface area contributed by atoms with Gasteiger partial charge in [-0.1, -0.05) is 94.4 Å². The van der Waals surface area contributed by atoms with Gasteiger partial charge in [0.1, 0.15) is 36.0 Å². The average molecular weight is 1060 g/mol. The van der Waals surface area contributed by atoms with Gasteiger partial charge in [0.2, 0.25) is 41.4 Å². The van der Waals surface area contributed by atoms with E-state index >= 15 is 0 Å². The van der Waals surface area contributed by atoms with E-state index in [1.807, 2.05) is 48.5 Å². The number of phenolic OH excluding ortho intramolecular Hbond substituents is 1. The Kier molecular flexibility index (Phi) is 23.1. The van der Waals surface area contributed by atoms with Crippen molar-refractivity contribution < 1.29 is 48.6 Å². The van der Waals surface area contributed by atoms with Crippen molar-refractivity contribution in [2.24, 2.45) is 23.1 Å². The first kappa shape index (κ1) is 58.0. The molecule has 3 aromatic carbocycles. The van der Waals surface area contributed by atoms with E-state index in [1.165, 1.54) is 30.8 Å². The Hall–Kier alpha value is -5.91. The number of carbonyl (C=O) groups is 8. The van der Waals surface area contributed by atoms with E-state index in [1.54, 1.807) is 30.5 Å². The number of aliphatic hydroxyl groups is 1. The van der Waals surface area contributed by atoms with Crippen LogP contribution in [0.15, 0.2) is 84.9 Å². The highest BCUT2D eigenvalue weighted by Gasteiger charge is 2.37. The summed E-state index contributed by atoms with van der Waals surface area (Å²) in [5.41, 5.74) is 21.8. The molecule has 22 heteroatoms. The number of phenols is 1. The van der Waals surface area contributed by atoms with Gasteiger partial charge in [0, 0.05) is 36.0 Å². The molecule has 7 amide bonds. The summed E-state index contributed by atoms with van der Waals surface area (Å²) in [4.78, 5) is 113. The number of benzene rings is 3. The van der Waals surface area contributed by atoms with Crippen molar-refractivity contribution in [2.45, 2.75) is 107 Å². The maximum atomic E-state index is 14.8. The minimum atomic E-state index is -1.66. The van der Waals surface area contributed by atoms with Gasteiger partial charge < -0.3 is 59.3 Å². The Labute approximate surface area is 437 Å². The molecule has 5 rings (SSSR count). The molecule has 0 bridgehead atoms. The van der Waals surface area contributed by atoms with Gasteiger partial charge in [-0.15, -0.1) is 0 Å². The van der Waals surface area contributed by atoms with Crippen LogP contribution in [0.1, 0.15) is 61.3 Å². The minimum absolute atomic E-state index is 0.0207. The molecular formula is C51H67N9O10S3. The molecule has 0 spiro atoms. The summed E-state index contributed by atoms with van der Waals surface area (Å²) in [5.74, 6) is -7.47. The smallest absolute Gasteiger partial charge is 0.245 e. The van der Waals surface area contributed by atoms with E-state index in [2.05, 4.69) is 31.9 Å². The standard InChI is InChI=1S/C51H67N9O10S3/c1-29(61)44-51(70)59-42(50(69)58-41(26-71-2)45(54)64)28-73-72-27-40(57-47(66)37(53)23-30-10-4-3-5-11-30)43(63)25-34(22-31-15-19-35(62)20-16-31)46(65)56-39(24-33-18-17-32-12-6-7-13-36(32)33)49(68)55-38(48(67)60-44)14-8-9-21-52/h3-7,10-13,15-16,18-20,29,34,37-42,44,61-62H,8-9,14,17,21-28,52-53H2,1-2H3,(H2,54,64)(H,55,68)(H,56,65)(H,57,66)(H,58,69)(H,59,70)(H,60,67)/t29-,34-,37-,38+,39-,40+,41+,42+,44+/m1/s1. The predicted octanol–water partition coefficient (Wildman–Crippen LogP) is 0.772. The van der Waals surface area contributed by atoms with Gasteiger partial charge in [0.15, 0.2) is 5.78 Å². The molecular weight excluding hydrogens is 995 g/mol. The van der Waals surface area contributed by atoms with E-state index in [-0.39, 0.29) is 55.2 Å². The summed E-state index contributed by atoms with van der Waals surface area (Å²) in [6, 6.07) is 13.6. The zero-order valence-electron chi connectivity index (χ0n) is 40.9. The number of allylic oxidation sites excluding steroid dienone is 1. The van der Waals surface area contributed by atoms with Crippen molar-refractivity contribution in [3.63, 3.8) is 0 Å². The van der Waals surface area contributed by atoms with Gasteiger partial charge in [-0.3, -0.25) is 38.4 Å². The zero-order valence-corrected chi connectivity index (χ0v) is 43.3. The number of nitrogens with one attached hydrogen (secondary N) is 6. The van der Waals surface area contributed by atoms with Crippen LogP contribution >= 0.6 is 33.3 Å². The van der Waals surface area contributed by atoms with E-state index in [0.29, 0.717) is 24.8 Å². The van der Waals surface area contributed by atoms with E-state index < -0.39 is 108 Å². The molecule has 1 saturated heterocycles. The molecule has 3 aromatic rings. The minimum Gasteiger partial charge on any atom is -0.508 e. The summed E-state index contributed by atoms with van der Waals surface area (Å²) in [6.07, 6.45) is 3.22. The maximum absolute atomic E-state index is 14.8. The molecule has 14 N–H and O–H groups in total. The second kappa shape index (κ2) is 29.1. The first-order chi connectivity index (χ1) is 35.0. The van der Waals surface area contributed by atoms with Gasteiger partial charge in [0.05, 0.1) is 18.2 Å². The van der Waals surface area contributed by atoms with Crippen molar-refractivity contribution in [3.05, 3.63) is 107 Å². The number of thioether (sulfide) groups is 1. The Bertz CT molecular complexity index is 2430. The molecule has 0 radical (unpaired) electrons. The third-order valence-corrected chi connectivity index (χ3v) is 15.5. The van der Waals surface area contributed by atoms with Crippen LogP contribution in [0.5, 0.6) is 5.75 Å². The number of rotatable bonds is 18. The van der Waals surface area contributed by atoms with Crippen LogP contribution < -0.4 is 49.1 Å². The van der Waals surface area contributed by atoms with E-state index in [0.717, 1.165) is 43.9 Å². The second-order valence-corrected chi connectivity index (χ2v) is 21.5. The maximum Gasteiger partial charge on any atom is 0.245 e. The van der Waals surface area contributed by atoms with Crippen LogP contribution in [0.3, 0.4) is 0 Å². The van der Waals surface area contributed by atoms with Gasteiger partial charge in [-0.25, -0.2) is 0 Å². The Morgan fingerprint density at radius 1 is 0.808 bits per heavy atom. The lowest BCUT2D eigenvalue weighted by molar-refractivity contribution is -0.137. The monoisotopic (exact) mass is 1060 g/mol. The van der Waals surface area contributed by atoms with Crippen molar-refractivity contribution in [3.8, 4) is 5.75 Å². The number of aromatic hydroxyl groups is 1. The normalized spacial score (nSPS) is 22.7. The molecule has 1 heterocycles. The fraction of sp³-hybridized carbons (Fsp3) is 0.451. The molecule has 0 aromatic heterocycles. The highest BCUT2D eigenvalue weighted by atomic mass is 33.1. The summed E-state index contributed by atoms with van der Waals surface area (Å²) < 4.78 is 0. The van der Waals surface area contributed by atoms with Crippen LogP contribution in [-0.4, -0.2) is 136 Å². The number of fused-ring (bicyclic) bond motifs is 1. The van der Waals surface area contributed by atoms with E-state index in [9.17, 15) is 48.6 Å². The lowest BCUT2D eigenvalue weighted by Crippen LogP contribution is -2.61. The zero-order chi connectivity index (χ0) is 53.0. The number of aliphatic hydroxyl groups excluding tert-OH is 1. The number of amides is 7. The number of hydrogen-bond acceptors (Lipinski definition) is 15. The highest BCUT2D eigenvalue weighted by molar-refractivity contribution is 8.76. The molecule has 1 fully saturated rings. The van der Waals surface area contributed by atoms with Crippen molar-refractivity contribution in [1.82, 2.24) is 31.9 Å². The van der Waals surface area contributed by atoms with Crippen LogP contribution in [0.4, 0.5) is 0 Å². The Morgan fingerprint density at radius 2 is 1.48 bits per heavy atom. The summed E-state index contributed by atoms with van der Waals surface area (Å²) in [6.45, 7) is 1.53. The molecule has 73 heavy (non-hydrogen) atoms. The van der Waals surface area contributed by atoms with Crippen molar-refractivity contribution in [2.75, 3.05) is 30.1 Å². The van der Waals surface area contributed by atoms with Crippen molar-refractivity contribution in [1.29, 1.82) is 0 Å². The summed E-state index contributed by atoms with van der Waals surface area (Å²) in [7, 11) is 2.11. The molecule has 2 aliphatic rings. The molecule has 394 valence electrons. The quantitative estimate of drug-likeness (QED) is 0.0620. The molecule has 1 aliphatic carbocycles. The average Bonchev–Trinajstić information content (AvgIpc) is 3.77. The number of ketones is 1. The first-order valence-electron chi connectivity index (χ1n) is 24.1. The number of carbonyl (C=O) groups excluding carboxylic acids is 8. The second-order valence-electron chi connectivity index (χ2n) is 18.1. The topological polar surface area (TPSA) is 327 Å². The molecule has 9 atom stereocenters. The number of unbranched alkanes of at least 4 members (excludes halogenated alkanes) is 1. The lowest BCUT2D eigenvalue weighted by atomic mass is 9.90. The number of Topliss-reactive ketones (excluding diaryl/α,β-unsaturated/α-hetero) is 1. The van der Waals surface area contributed by atoms with Gasteiger partial charge in [-0.05, 0) is 98.2 Å². The third kappa shape index (κ3) is 17.9. The number of primary amides is 1. The fourth-order valence-corrected chi connectivity index (χ4v) is 11.2. The molecule has 1 aliphatic heterocycles. The molecule has 0 saturated carbocycles. The highest BCUT2D eigenvalue weighted by Crippen LogP contribution is 2.31. The third-order valence-electron chi connectivity index (χ3n) is 12.4. The number of nitrogens with two attached hydrogens (primary N) is 3. The summed E-state index contributed by atoms with van der Waals surface area (Å²) >= 11 is 1.24. The summed E-state index contributed by atoms with van der Waals surface area (Å²) in [5, 5.41) is 37.2. The van der Waals surface area contributed by atoms with Crippen LogP contribution in [-0.2, 0) is 57.6 Å². The van der Waals surface area contributed by atoms with Gasteiger partial charge >= 0.3 is 0 Å². The van der Waals surface area contributed by atoms with Gasteiger partial charge in [-0.2, -0.15) is 11.8 Å². The van der Waals surface area contributed by atoms with Crippen LogP contribution in [0.25, 0.3) is 5.57 Å². The fourth-order valence-electron chi connectivity index (χ4n) is 8.28. The van der Waals surface area contributed by atoms with E-state index in [4.69, 9.17) is 17.2 Å². The van der Waals surface area contributed by atoms with Crippen molar-refractivity contribution >= 4 is 86.1 Å². The largest absolute Gasteiger partial charge is 0.508 e. The Balaban J connectivity index is 1.57.